The highest BCUT2D eigenvalue weighted by Gasteiger charge is 2.36. The molecule has 0 saturated heterocycles. The molecular weight excluding hydrogens is 462 g/mol. The van der Waals surface area contributed by atoms with Gasteiger partial charge in [-0.25, -0.2) is 4.57 Å². The first-order valence-electron chi connectivity index (χ1n) is 14.3. The molecule has 0 bridgehead atoms. The van der Waals surface area contributed by atoms with E-state index >= 15 is 0 Å². The van der Waals surface area contributed by atoms with Crippen LogP contribution in [0.1, 0.15) is 68.7 Å². The molecule has 2 heteroatoms. The summed E-state index contributed by atoms with van der Waals surface area (Å²) in [5, 5.41) is 7.75. The Morgan fingerprint density at radius 1 is 0.868 bits per heavy atom. The fourth-order valence-electron chi connectivity index (χ4n) is 7.35. The largest absolute Gasteiger partial charge is 0.455 e. The predicted molar refractivity (Wildman–Crippen MR) is 159 cm³/mol. The number of pyridine rings is 1. The topological polar surface area (TPSA) is 13.1 Å². The van der Waals surface area contributed by atoms with E-state index in [1.165, 1.54) is 97.9 Å². The molecule has 0 unspecified atom stereocenters. The molecule has 5 aromatic rings. The Labute approximate surface area is 226 Å². The minimum atomic E-state index is -0.0689. The molecule has 38 heavy (non-hydrogen) atoms. The monoisotopic (exact) mass is 500 g/mol. The molecular formula is C36H38NO+. The summed E-state index contributed by atoms with van der Waals surface area (Å²) in [6, 6.07) is 18.6. The van der Waals surface area contributed by atoms with Gasteiger partial charge in [-0.1, -0.05) is 88.4 Å². The second-order valence-electron chi connectivity index (χ2n) is 13.0. The Morgan fingerprint density at radius 3 is 2.39 bits per heavy atom. The minimum absolute atomic E-state index is 0.0689. The highest BCUT2D eigenvalue weighted by molar-refractivity contribution is 6.16. The van der Waals surface area contributed by atoms with Crippen molar-refractivity contribution in [1.82, 2.24) is 0 Å². The smallest absolute Gasteiger partial charge is 0.228 e. The van der Waals surface area contributed by atoms with Gasteiger partial charge in [-0.2, -0.15) is 0 Å². The zero-order chi connectivity index (χ0) is 26.3. The van der Waals surface area contributed by atoms with E-state index in [1.54, 1.807) is 0 Å². The maximum Gasteiger partial charge on any atom is 0.228 e. The third kappa shape index (κ3) is 3.49. The van der Waals surface area contributed by atoms with Gasteiger partial charge in [0.15, 0.2) is 6.20 Å². The Kier molecular flexibility index (Phi) is 5.18. The highest BCUT2D eigenvalue weighted by Crippen LogP contribution is 2.54. The summed E-state index contributed by atoms with van der Waals surface area (Å²) in [5.41, 5.74) is 7.78. The van der Waals surface area contributed by atoms with Gasteiger partial charge in [0.05, 0.1) is 10.9 Å². The number of aromatic nitrogens is 1. The zero-order valence-electron chi connectivity index (χ0n) is 23.7. The number of aryl methyl sites for hydroxylation is 3. The normalized spacial score (nSPS) is 15.4. The first kappa shape index (κ1) is 23.7. The first-order chi connectivity index (χ1) is 18.2. The molecule has 1 aliphatic heterocycles. The maximum atomic E-state index is 7.05. The van der Waals surface area contributed by atoms with Crippen molar-refractivity contribution in [3.05, 3.63) is 77.0 Å². The Morgan fingerprint density at radius 2 is 1.63 bits per heavy atom. The van der Waals surface area contributed by atoms with Gasteiger partial charge in [0.1, 0.15) is 18.5 Å². The van der Waals surface area contributed by atoms with E-state index in [2.05, 4.69) is 101 Å². The van der Waals surface area contributed by atoms with Crippen molar-refractivity contribution in [2.45, 2.75) is 72.1 Å². The number of fused-ring (bicyclic) bond motifs is 5. The van der Waals surface area contributed by atoms with E-state index in [-0.39, 0.29) is 5.41 Å². The van der Waals surface area contributed by atoms with E-state index in [0.29, 0.717) is 0 Å². The zero-order valence-corrected chi connectivity index (χ0v) is 23.7. The lowest BCUT2D eigenvalue weighted by Crippen LogP contribution is -2.32. The first-order valence-corrected chi connectivity index (χ1v) is 14.3. The molecule has 1 aliphatic carbocycles. The van der Waals surface area contributed by atoms with Crippen molar-refractivity contribution in [1.29, 1.82) is 0 Å². The fourth-order valence-corrected chi connectivity index (χ4v) is 7.35. The molecule has 4 aromatic carbocycles. The van der Waals surface area contributed by atoms with Crippen LogP contribution in [0.3, 0.4) is 0 Å². The van der Waals surface area contributed by atoms with Crippen LogP contribution in [0, 0.1) is 19.8 Å². The van der Waals surface area contributed by atoms with Gasteiger partial charge in [0.25, 0.3) is 0 Å². The van der Waals surface area contributed by atoms with Crippen LogP contribution in [0.25, 0.3) is 43.6 Å². The third-order valence-corrected chi connectivity index (χ3v) is 9.14. The van der Waals surface area contributed by atoms with E-state index < -0.39 is 0 Å². The quantitative estimate of drug-likeness (QED) is 0.170. The van der Waals surface area contributed by atoms with Crippen LogP contribution < -0.4 is 9.30 Å². The van der Waals surface area contributed by atoms with Crippen molar-refractivity contribution in [2.24, 2.45) is 13.0 Å². The summed E-state index contributed by atoms with van der Waals surface area (Å²) < 4.78 is 9.35. The summed E-state index contributed by atoms with van der Waals surface area (Å²) in [5.74, 6) is 2.86. The van der Waals surface area contributed by atoms with Crippen molar-refractivity contribution >= 4 is 32.3 Å². The minimum Gasteiger partial charge on any atom is -0.455 e. The predicted octanol–water partition coefficient (Wildman–Crippen LogP) is 9.39. The second kappa shape index (κ2) is 8.30. The average molecular weight is 501 g/mol. The van der Waals surface area contributed by atoms with Crippen LogP contribution >= 0.6 is 0 Å². The molecule has 7 rings (SSSR count). The molecule has 0 spiro atoms. The van der Waals surface area contributed by atoms with E-state index in [9.17, 15) is 0 Å². The van der Waals surface area contributed by atoms with Crippen LogP contribution in [-0.4, -0.2) is 0 Å². The molecule has 1 aromatic heterocycles. The van der Waals surface area contributed by atoms with Gasteiger partial charge in [0, 0.05) is 17.0 Å². The molecule has 1 fully saturated rings. The third-order valence-electron chi connectivity index (χ3n) is 9.14. The Balaban J connectivity index is 1.55. The lowest BCUT2D eigenvalue weighted by atomic mass is 9.78. The lowest BCUT2D eigenvalue weighted by molar-refractivity contribution is -0.659. The molecule has 2 heterocycles. The molecule has 0 amide bonds. The van der Waals surface area contributed by atoms with Gasteiger partial charge in [-0.15, -0.1) is 0 Å². The van der Waals surface area contributed by atoms with Crippen LogP contribution in [0.4, 0.5) is 0 Å². The SMILES string of the molecule is Cc1ccc2c(C(C)(C)C)c3c(c(C)c2c1)-c1c2c(cc4cc(CC5CCCC5)ccc4c2cc[n+]1C)O3. The average Bonchev–Trinajstić information content (AvgIpc) is 3.38. The van der Waals surface area contributed by atoms with Gasteiger partial charge in [0.2, 0.25) is 5.69 Å². The lowest BCUT2D eigenvalue weighted by Gasteiger charge is -2.30. The molecule has 2 aliphatic rings. The molecule has 2 nitrogen and oxygen atoms in total. The number of hydrogen-bond acceptors (Lipinski definition) is 1. The van der Waals surface area contributed by atoms with Gasteiger partial charge in [-0.3, -0.25) is 0 Å². The maximum absolute atomic E-state index is 7.05. The number of ether oxygens (including phenoxy) is 1. The Hall–Kier alpha value is -3.39. The van der Waals surface area contributed by atoms with Crippen molar-refractivity contribution < 1.29 is 9.30 Å². The van der Waals surface area contributed by atoms with Crippen LogP contribution in [0.5, 0.6) is 11.5 Å². The summed E-state index contributed by atoms with van der Waals surface area (Å²) in [4.78, 5) is 0. The van der Waals surface area contributed by atoms with Crippen molar-refractivity contribution in [3.63, 3.8) is 0 Å². The van der Waals surface area contributed by atoms with E-state index in [1.807, 2.05) is 0 Å². The van der Waals surface area contributed by atoms with Crippen molar-refractivity contribution in [3.8, 4) is 22.8 Å². The van der Waals surface area contributed by atoms with Crippen LogP contribution in [-0.2, 0) is 18.9 Å². The fraction of sp³-hybridized carbons (Fsp3) is 0.361. The number of rotatable bonds is 2. The Bertz CT molecular complexity index is 1780. The number of benzene rings is 4. The van der Waals surface area contributed by atoms with E-state index in [0.717, 1.165) is 17.4 Å². The molecule has 1 saturated carbocycles. The van der Waals surface area contributed by atoms with Crippen LogP contribution in [0.2, 0.25) is 0 Å². The van der Waals surface area contributed by atoms with E-state index in [4.69, 9.17) is 4.74 Å². The highest BCUT2D eigenvalue weighted by atomic mass is 16.5. The summed E-state index contributed by atoms with van der Waals surface area (Å²) in [6.45, 7) is 11.4. The molecule has 192 valence electrons. The standard InChI is InChI=1S/C36H38NO/c1-21-11-13-28-29(17-21)22(2)31-34-32-27(15-16-37(34)6)26-14-12-24(18-23-9-7-8-10-23)19-25(26)20-30(32)38-35(31)33(28)36(3,4)5/h11-17,19-20,23H,7-10,18H2,1-6H3/q+1. The summed E-state index contributed by atoms with van der Waals surface area (Å²) >= 11 is 0. The molecule has 0 radical (unpaired) electrons. The van der Waals surface area contributed by atoms with Gasteiger partial charge in [-0.05, 0) is 70.3 Å². The number of hydrogen-bond donors (Lipinski definition) is 0. The summed E-state index contributed by atoms with van der Waals surface area (Å²) in [7, 11) is 2.18. The second-order valence-corrected chi connectivity index (χ2v) is 13.0. The van der Waals surface area contributed by atoms with Crippen LogP contribution in [0.15, 0.2) is 54.7 Å². The molecule has 0 atom stereocenters. The van der Waals surface area contributed by atoms with Crippen molar-refractivity contribution in [2.75, 3.05) is 0 Å². The van der Waals surface area contributed by atoms with Gasteiger partial charge >= 0.3 is 0 Å². The van der Waals surface area contributed by atoms with Gasteiger partial charge < -0.3 is 4.74 Å². The molecule has 0 N–H and O–H groups in total. The summed E-state index contributed by atoms with van der Waals surface area (Å²) in [6.07, 6.45) is 8.97. The number of nitrogens with zero attached hydrogens (tertiary/aromatic N) is 1.